The Bertz CT molecular complexity index is 271. The highest BCUT2D eigenvalue weighted by Crippen LogP contribution is 2.24. The highest BCUT2D eigenvalue weighted by molar-refractivity contribution is 14.0. The molecular formula is C12H26IN3O2. The van der Waals surface area contributed by atoms with E-state index in [-0.39, 0.29) is 35.1 Å². The fourth-order valence-electron chi connectivity index (χ4n) is 1.82. The molecule has 0 bridgehead atoms. The Morgan fingerprint density at radius 1 is 1.39 bits per heavy atom. The van der Waals surface area contributed by atoms with Gasteiger partial charge < -0.3 is 20.5 Å². The first-order valence-electron chi connectivity index (χ1n) is 6.08. The molecule has 0 atom stereocenters. The number of aliphatic imine (C=N–C) groups is 1. The molecule has 1 rings (SSSR count). The highest BCUT2D eigenvalue weighted by Gasteiger charge is 2.32. The average molecular weight is 371 g/mol. The second-order valence-corrected chi connectivity index (χ2v) is 5.58. The summed E-state index contributed by atoms with van der Waals surface area (Å²) in [4.78, 5) is 4.38. The molecule has 0 aliphatic carbocycles. The standard InChI is InChI=1S/C12H25N3O2.HI/c1-11(2,3)15-10(13)14-9-12(16-4)5-7-17-8-6-12;/h5-9H2,1-4H3,(H3,13,14,15);1H. The van der Waals surface area contributed by atoms with Crippen LogP contribution in [0.25, 0.3) is 0 Å². The van der Waals surface area contributed by atoms with Gasteiger partial charge in [-0.3, -0.25) is 4.99 Å². The van der Waals surface area contributed by atoms with Crippen molar-refractivity contribution in [3.05, 3.63) is 0 Å². The molecule has 5 nitrogen and oxygen atoms in total. The fourth-order valence-corrected chi connectivity index (χ4v) is 1.82. The number of hydrogen-bond donors (Lipinski definition) is 2. The number of nitrogens with zero attached hydrogens (tertiary/aromatic N) is 1. The number of halogens is 1. The summed E-state index contributed by atoms with van der Waals surface area (Å²) in [5.74, 6) is 0.473. The molecule has 0 amide bonds. The zero-order valence-electron chi connectivity index (χ0n) is 11.8. The van der Waals surface area contributed by atoms with Crippen LogP contribution < -0.4 is 11.1 Å². The van der Waals surface area contributed by atoms with Gasteiger partial charge in [-0.15, -0.1) is 24.0 Å². The quantitative estimate of drug-likeness (QED) is 0.448. The van der Waals surface area contributed by atoms with Crippen LogP contribution in [0.3, 0.4) is 0 Å². The van der Waals surface area contributed by atoms with Crippen LogP contribution in [0.5, 0.6) is 0 Å². The molecule has 0 aromatic heterocycles. The van der Waals surface area contributed by atoms with E-state index in [1.165, 1.54) is 0 Å². The first-order valence-corrected chi connectivity index (χ1v) is 6.08. The lowest BCUT2D eigenvalue weighted by atomic mass is 9.94. The van der Waals surface area contributed by atoms with Gasteiger partial charge in [-0.05, 0) is 20.8 Å². The predicted octanol–water partition coefficient (Wildman–Crippen LogP) is 1.50. The Hall–Kier alpha value is -0.0800. The molecule has 0 unspecified atom stereocenters. The summed E-state index contributed by atoms with van der Waals surface area (Å²) in [6.45, 7) is 8.20. The van der Waals surface area contributed by atoms with Gasteiger partial charge in [0.15, 0.2) is 5.96 Å². The normalized spacial score (nSPS) is 20.1. The van der Waals surface area contributed by atoms with Gasteiger partial charge in [0.05, 0.1) is 12.1 Å². The van der Waals surface area contributed by atoms with Crippen LogP contribution in [-0.4, -0.2) is 44.0 Å². The van der Waals surface area contributed by atoms with Crippen molar-refractivity contribution in [1.82, 2.24) is 5.32 Å². The van der Waals surface area contributed by atoms with Crippen molar-refractivity contribution < 1.29 is 9.47 Å². The van der Waals surface area contributed by atoms with E-state index in [0.29, 0.717) is 12.5 Å². The van der Waals surface area contributed by atoms with E-state index >= 15 is 0 Å². The third-order valence-electron chi connectivity index (χ3n) is 2.88. The van der Waals surface area contributed by atoms with E-state index < -0.39 is 0 Å². The fraction of sp³-hybridized carbons (Fsp3) is 0.917. The number of rotatable bonds is 3. The van der Waals surface area contributed by atoms with Crippen molar-refractivity contribution in [2.24, 2.45) is 10.7 Å². The first-order chi connectivity index (χ1) is 7.87. The molecule has 1 fully saturated rings. The monoisotopic (exact) mass is 371 g/mol. The maximum Gasteiger partial charge on any atom is 0.189 e. The van der Waals surface area contributed by atoms with Crippen LogP contribution in [-0.2, 0) is 9.47 Å². The Kier molecular flexibility index (Phi) is 7.46. The van der Waals surface area contributed by atoms with Crippen LogP contribution in [0.1, 0.15) is 33.6 Å². The van der Waals surface area contributed by atoms with Crippen LogP contribution in [0, 0.1) is 0 Å². The topological polar surface area (TPSA) is 68.9 Å². The molecule has 0 spiro atoms. The van der Waals surface area contributed by atoms with Crippen molar-refractivity contribution in [1.29, 1.82) is 0 Å². The molecule has 0 aromatic rings. The minimum atomic E-state index is -0.206. The SMILES string of the molecule is COC1(CN=C(N)NC(C)(C)C)CCOCC1.I. The second-order valence-electron chi connectivity index (χ2n) is 5.58. The largest absolute Gasteiger partial charge is 0.381 e. The van der Waals surface area contributed by atoms with Crippen molar-refractivity contribution >= 4 is 29.9 Å². The maximum absolute atomic E-state index is 5.84. The average Bonchev–Trinajstić information content (AvgIpc) is 2.25. The van der Waals surface area contributed by atoms with Gasteiger partial charge in [0, 0.05) is 38.7 Å². The van der Waals surface area contributed by atoms with Crippen molar-refractivity contribution in [3.8, 4) is 0 Å². The Morgan fingerprint density at radius 2 is 1.94 bits per heavy atom. The van der Waals surface area contributed by atoms with E-state index in [9.17, 15) is 0 Å². The molecule has 3 N–H and O–H groups in total. The van der Waals surface area contributed by atoms with Crippen LogP contribution >= 0.6 is 24.0 Å². The minimum Gasteiger partial charge on any atom is -0.381 e. The minimum absolute atomic E-state index is 0. The van der Waals surface area contributed by atoms with Crippen molar-refractivity contribution in [2.75, 3.05) is 26.9 Å². The zero-order chi connectivity index (χ0) is 12.9. The van der Waals surface area contributed by atoms with Crippen LogP contribution in [0.4, 0.5) is 0 Å². The highest BCUT2D eigenvalue weighted by atomic mass is 127. The summed E-state index contributed by atoms with van der Waals surface area (Å²) >= 11 is 0. The molecule has 1 saturated heterocycles. The van der Waals surface area contributed by atoms with Gasteiger partial charge in [-0.2, -0.15) is 0 Å². The van der Waals surface area contributed by atoms with E-state index in [0.717, 1.165) is 26.1 Å². The molecular weight excluding hydrogens is 345 g/mol. The number of hydrogen-bond acceptors (Lipinski definition) is 3. The van der Waals surface area contributed by atoms with E-state index in [2.05, 4.69) is 31.1 Å². The summed E-state index contributed by atoms with van der Waals surface area (Å²) in [6.07, 6.45) is 1.74. The molecule has 18 heavy (non-hydrogen) atoms. The third-order valence-corrected chi connectivity index (χ3v) is 2.88. The number of nitrogens with two attached hydrogens (primary N) is 1. The van der Waals surface area contributed by atoms with Gasteiger partial charge in [-0.25, -0.2) is 0 Å². The number of nitrogens with one attached hydrogen (secondary N) is 1. The predicted molar refractivity (Wildman–Crippen MR) is 84.6 cm³/mol. The number of methoxy groups -OCH3 is 1. The lowest BCUT2D eigenvalue weighted by molar-refractivity contribution is -0.0828. The Balaban J connectivity index is 0.00000289. The second kappa shape index (κ2) is 7.49. The Labute approximate surface area is 127 Å². The molecule has 0 radical (unpaired) electrons. The zero-order valence-corrected chi connectivity index (χ0v) is 14.1. The smallest absolute Gasteiger partial charge is 0.189 e. The molecule has 108 valence electrons. The first kappa shape index (κ1) is 17.9. The molecule has 0 saturated carbocycles. The van der Waals surface area contributed by atoms with E-state index in [1.807, 2.05) is 0 Å². The summed E-state index contributed by atoms with van der Waals surface area (Å²) in [6, 6.07) is 0. The number of guanidine groups is 1. The summed E-state index contributed by atoms with van der Waals surface area (Å²) in [5.41, 5.74) is 5.57. The third kappa shape index (κ3) is 6.19. The molecule has 6 heteroatoms. The van der Waals surface area contributed by atoms with Gasteiger partial charge in [-0.1, -0.05) is 0 Å². The van der Waals surface area contributed by atoms with E-state index in [1.54, 1.807) is 7.11 Å². The summed E-state index contributed by atoms with van der Waals surface area (Å²) in [7, 11) is 1.73. The summed E-state index contributed by atoms with van der Waals surface area (Å²) in [5, 5.41) is 3.14. The molecule has 1 aliphatic heterocycles. The maximum atomic E-state index is 5.84. The molecule has 1 aliphatic rings. The van der Waals surface area contributed by atoms with Crippen LogP contribution in [0.2, 0.25) is 0 Å². The van der Waals surface area contributed by atoms with Crippen molar-refractivity contribution in [3.63, 3.8) is 0 Å². The van der Waals surface area contributed by atoms with E-state index in [4.69, 9.17) is 15.2 Å². The van der Waals surface area contributed by atoms with Gasteiger partial charge in [0.1, 0.15) is 0 Å². The van der Waals surface area contributed by atoms with Gasteiger partial charge >= 0.3 is 0 Å². The van der Waals surface area contributed by atoms with Crippen LogP contribution in [0.15, 0.2) is 4.99 Å². The lowest BCUT2D eigenvalue weighted by Gasteiger charge is -2.34. The van der Waals surface area contributed by atoms with Gasteiger partial charge in [0.2, 0.25) is 0 Å². The molecule has 1 heterocycles. The Morgan fingerprint density at radius 3 is 2.39 bits per heavy atom. The number of ether oxygens (including phenoxy) is 2. The van der Waals surface area contributed by atoms with Crippen molar-refractivity contribution in [2.45, 2.75) is 44.8 Å². The molecule has 0 aromatic carbocycles. The summed E-state index contributed by atoms with van der Waals surface area (Å²) < 4.78 is 10.9. The lowest BCUT2D eigenvalue weighted by Crippen LogP contribution is -2.47. The van der Waals surface area contributed by atoms with Gasteiger partial charge in [0.25, 0.3) is 0 Å².